The van der Waals surface area contributed by atoms with Crippen LogP contribution in [-0.2, 0) is 9.22 Å². The smallest absolute Gasteiger partial charge is 0.208 e. The molecule has 2 rings (SSSR count). The minimum atomic E-state index is -0.791. The molecule has 1 fully saturated rings. The molecular formula is C18H27O2Si. The molecule has 2 atom stereocenters. The molecule has 0 bridgehead atoms. The third-order valence-electron chi connectivity index (χ3n) is 4.05. The lowest BCUT2D eigenvalue weighted by Gasteiger charge is -2.22. The molecular weight excluding hydrogens is 276 g/mol. The van der Waals surface area contributed by atoms with Crippen LogP contribution in [0.1, 0.15) is 45.1 Å². The number of carbonyl (C=O) groups excluding carboxylic acids is 1. The van der Waals surface area contributed by atoms with Gasteiger partial charge in [-0.15, -0.1) is 0 Å². The van der Waals surface area contributed by atoms with Crippen LogP contribution < -0.4 is 0 Å². The van der Waals surface area contributed by atoms with Crippen LogP contribution in [0.2, 0.25) is 12.6 Å². The molecule has 1 aliphatic carbocycles. The van der Waals surface area contributed by atoms with Gasteiger partial charge in [0.2, 0.25) is 9.04 Å². The fraction of sp³-hybridized carbons (Fsp3) is 0.611. The van der Waals surface area contributed by atoms with E-state index >= 15 is 0 Å². The molecule has 0 N–H and O–H groups in total. The van der Waals surface area contributed by atoms with Crippen LogP contribution in [0.25, 0.3) is 0 Å². The van der Waals surface area contributed by atoms with E-state index in [-0.39, 0.29) is 5.92 Å². The van der Waals surface area contributed by atoms with Crippen molar-refractivity contribution in [2.75, 3.05) is 6.61 Å². The Bertz CT molecular complexity index is 464. The van der Waals surface area contributed by atoms with Gasteiger partial charge in [-0.1, -0.05) is 51.1 Å². The molecule has 1 aromatic rings. The first kappa shape index (κ1) is 16.4. The van der Waals surface area contributed by atoms with Crippen molar-refractivity contribution in [3.8, 4) is 0 Å². The van der Waals surface area contributed by atoms with E-state index in [1.54, 1.807) is 0 Å². The van der Waals surface area contributed by atoms with Crippen molar-refractivity contribution in [1.82, 2.24) is 0 Å². The molecule has 0 amide bonds. The number of hydrogen-bond acceptors (Lipinski definition) is 2. The molecule has 3 heteroatoms. The van der Waals surface area contributed by atoms with Crippen LogP contribution in [0.5, 0.6) is 0 Å². The average Bonchev–Trinajstić information content (AvgIpc) is 2.77. The van der Waals surface area contributed by atoms with Crippen molar-refractivity contribution >= 4 is 14.8 Å². The monoisotopic (exact) mass is 303 g/mol. The highest BCUT2D eigenvalue weighted by atomic mass is 28.3. The second kappa shape index (κ2) is 6.88. The Morgan fingerprint density at radius 2 is 1.90 bits per heavy atom. The second-order valence-electron chi connectivity index (χ2n) is 7.46. The van der Waals surface area contributed by atoms with E-state index in [9.17, 15) is 4.79 Å². The Kier molecular flexibility index (Phi) is 5.39. The highest BCUT2D eigenvalue weighted by molar-refractivity contribution is 6.50. The molecule has 1 aromatic carbocycles. The number of Topliss-reactive ketones (excluding diaryl/α,β-unsaturated/α-hetero) is 1. The molecule has 0 heterocycles. The van der Waals surface area contributed by atoms with Gasteiger partial charge in [0.25, 0.3) is 0 Å². The zero-order valence-corrected chi connectivity index (χ0v) is 14.7. The van der Waals surface area contributed by atoms with Gasteiger partial charge in [-0.2, -0.15) is 0 Å². The van der Waals surface area contributed by atoms with E-state index in [0.29, 0.717) is 30.1 Å². The Hall–Kier alpha value is -0.933. The Morgan fingerprint density at radius 3 is 2.52 bits per heavy atom. The van der Waals surface area contributed by atoms with E-state index in [0.717, 1.165) is 12.5 Å². The predicted octanol–water partition coefficient (Wildman–Crippen LogP) is 4.43. The molecule has 1 saturated carbocycles. The highest BCUT2D eigenvalue weighted by Gasteiger charge is 2.33. The SMILES string of the molecule is C[Si](CC(C)(C)C)OCC1CC(c2ccccc2)CC1=O. The number of rotatable bonds is 5. The fourth-order valence-electron chi connectivity index (χ4n) is 3.15. The van der Waals surface area contributed by atoms with E-state index in [1.807, 2.05) is 6.07 Å². The van der Waals surface area contributed by atoms with E-state index in [4.69, 9.17) is 4.43 Å². The number of hydrogen-bond donors (Lipinski definition) is 0. The third-order valence-corrected chi connectivity index (χ3v) is 6.27. The average molecular weight is 303 g/mol. The van der Waals surface area contributed by atoms with E-state index < -0.39 is 9.04 Å². The summed E-state index contributed by atoms with van der Waals surface area (Å²) in [6, 6.07) is 11.5. The molecule has 0 spiro atoms. The molecule has 0 aliphatic heterocycles. The summed E-state index contributed by atoms with van der Waals surface area (Å²) in [5.41, 5.74) is 1.61. The van der Waals surface area contributed by atoms with Gasteiger partial charge >= 0.3 is 0 Å². The summed E-state index contributed by atoms with van der Waals surface area (Å²) in [6.45, 7) is 9.58. The standard InChI is InChI=1S/C18H27O2Si/c1-18(2,3)13-21(4)20-12-16-10-15(11-17(16)19)14-8-6-5-7-9-14/h5-9,15-16H,10-13H2,1-4H3. The molecule has 21 heavy (non-hydrogen) atoms. The first-order chi connectivity index (χ1) is 9.85. The van der Waals surface area contributed by atoms with Crippen molar-refractivity contribution in [1.29, 1.82) is 0 Å². The molecule has 1 aliphatic rings. The van der Waals surface area contributed by atoms with Crippen molar-refractivity contribution < 1.29 is 9.22 Å². The number of ketones is 1. The van der Waals surface area contributed by atoms with Gasteiger partial charge in [-0.25, -0.2) is 0 Å². The summed E-state index contributed by atoms with van der Waals surface area (Å²) in [4.78, 5) is 12.2. The summed E-state index contributed by atoms with van der Waals surface area (Å²) in [6.07, 6.45) is 1.64. The second-order valence-corrected chi connectivity index (χ2v) is 9.51. The van der Waals surface area contributed by atoms with Crippen LogP contribution >= 0.6 is 0 Å². The Labute approximate surface area is 130 Å². The van der Waals surface area contributed by atoms with Crippen molar-refractivity contribution in [2.24, 2.45) is 11.3 Å². The summed E-state index contributed by atoms with van der Waals surface area (Å²) >= 11 is 0. The Balaban J connectivity index is 1.84. The van der Waals surface area contributed by atoms with Crippen molar-refractivity contribution in [3.63, 3.8) is 0 Å². The lowest BCUT2D eigenvalue weighted by molar-refractivity contribution is -0.121. The summed E-state index contributed by atoms with van der Waals surface area (Å²) in [5.74, 6) is 0.881. The number of benzene rings is 1. The zero-order chi connectivity index (χ0) is 15.5. The van der Waals surface area contributed by atoms with Crippen molar-refractivity contribution in [2.45, 2.75) is 52.1 Å². The minimum absolute atomic E-state index is 0.107. The first-order valence-corrected chi connectivity index (χ1v) is 9.99. The van der Waals surface area contributed by atoms with E-state index in [1.165, 1.54) is 5.56 Å². The van der Waals surface area contributed by atoms with Gasteiger partial charge in [0.05, 0.1) is 0 Å². The van der Waals surface area contributed by atoms with Gasteiger partial charge in [-0.05, 0) is 35.9 Å². The van der Waals surface area contributed by atoms with Crippen LogP contribution in [0.4, 0.5) is 0 Å². The molecule has 2 nitrogen and oxygen atoms in total. The third kappa shape index (κ3) is 5.08. The van der Waals surface area contributed by atoms with Crippen LogP contribution in [0.3, 0.4) is 0 Å². The Morgan fingerprint density at radius 1 is 1.24 bits per heavy atom. The maximum atomic E-state index is 12.2. The summed E-state index contributed by atoms with van der Waals surface area (Å²) in [7, 11) is -0.791. The van der Waals surface area contributed by atoms with Gasteiger partial charge in [0.15, 0.2) is 0 Å². The summed E-state index contributed by atoms with van der Waals surface area (Å²) in [5, 5.41) is 0. The van der Waals surface area contributed by atoms with E-state index in [2.05, 4.69) is 51.6 Å². The largest absolute Gasteiger partial charge is 0.416 e. The van der Waals surface area contributed by atoms with Crippen LogP contribution in [0.15, 0.2) is 30.3 Å². The first-order valence-electron chi connectivity index (χ1n) is 7.88. The van der Waals surface area contributed by atoms with Crippen LogP contribution in [-0.4, -0.2) is 21.4 Å². The molecule has 0 saturated heterocycles. The molecule has 1 radical (unpaired) electrons. The minimum Gasteiger partial charge on any atom is -0.416 e. The van der Waals surface area contributed by atoms with Gasteiger partial charge in [0, 0.05) is 18.9 Å². The quantitative estimate of drug-likeness (QED) is 0.752. The predicted molar refractivity (Wildman–Crippen MR) is 88.7 cm³/mol. The van der Waals surface area contributed by atoms with Crippen molar-refractivity contribution in [3.05, 3.63) is 35.9 Å². The summed E-state index contributed by atoms with van der Waals surface area (Å²) < 4.78 is 6.04. The lowest BCUT2D eigenvalue weighted by Crippen LogP contribution is -2.25. The highest BCUT2D eigenvalue weighted by Crippen LogP contribution is 2.36. The normalized spacial score (nSPS) is 23.0. The van der Waals surface area contributed by atoms with Gasteiger partial charge in [0.1, 0.15) is 5.78 Å². The van der Waals surface area contributed by atoms with Gasteiger partial charge < -0.3 is 4.43 Å². The maximum absolute atomic E-state index is 12.2. The number of carbonyl (C=O) groups is 1. The molecule has 115 valence electrons. The topological polar surface area (TPSA) is 26.3 Å². The fourth-order valence-corrected chi connectivity index (χ4v) is 5.23. The van der Waals surface area contributed by atoms with Crippen LogP contribution in [0, 0.1) is 11.3 Å². The maximum Gasteiger partial charge on any atom is 0.208 e. The molecule has 2 unspecified atom stereocenters. The zero-order valence-electron chi connectivity index (χ0n) is 13.7. The van der Waals surface area contributed by atoms with Gasteiger partial charge in [-0.3, -0.25) is 4.79 Å². The molecule has 0 aromatic heterocycles. The lowest BCUT2D eigenvalue weighted by atomic mass is 9.97.